The lowest BCUT2D eigenvalue weighted by atomic mass is 9.81. The Bertz CT molecular complexity index is 569. The lowest BCUT2D eigenvalue weighted by Crippen LogP contribution is -2.42. The Morgan fingerprint density at radius 2 is 2.04 bits per heavy atom. The van der Waals surface area contributed by atoms with Crippen LogP contribution in [0.4, 0.5) is 8.78 Å². The SMILES string of the molecule is CC(C)(C)C(NC(=O)[C@@H]1CCC[C@@H]1CN)c1ccc(F)cc1F. The maximum atomic E-state index is 14.2. The Hall–Kier alpha value is -1.49. The van der Waals surface area contributed by atoms with Crippen molar-refractivity contribution in [1.82, 2.24) is 5.32 Å². The van der Waals surface area contributed by atoms with E-state index in [1.54, 1.807) is 0 Å². The molecule has 0 spiro atoms. The molecule has 0 radical (unpaired) electrons. The molecule has 0 saturated heterocycles. The first-order chi connectivity index (χ1) is 10.7. The smallest absolute Gasteiger partial charge is 0.223 e. The molecule has 2 rings (SSSR count). The van der Waals surface area contributed by atoms with Gasteiger partial charge in [0, 0.05) is 17.5 Å². The number of hydrogen-bond acceptors (Lipinski definition) is 2. The molecule has 0 aromatic heterocycles. The summed E-state index contributed by atoms with van der Waals surface area (Å²) < 4.78 is 27.4. The number of halogens is 2. The summed E-state index contributed by atoms with van der Waals surface area (Å²) in [4.78, 5) is 12.7. The highest BCUT2D eigenvalue weighted by Crippen LogP contribution is 2.37. The molecule has 3 nitrogen and oxygen atoms in total. The average molecular weight is 324 g/mol. The molecule has 128 valence electrons. The molecule has 1 aromatic carbocycles. The van der Waals surface area contributed by atoms with Crippen molar-refractivity contribution >= 4 is 5.91 Å². The fourth-order valence-electron chi connectivity index (χ4n) is 3.41. The van der Waals surface area contributed by atoms with Crippen molar-refractivity contribution in [3.8, 4) is 0 Å². The van der Waals surface area contributed by atoms with Crippen LogP contribution in [0.25, 0.3) is 0 Å². The molecule has 3 atom stereocenters. The molecule has 0 heterocycles. The molecular formula is C18H26F2N2O. The van der Waals surface area contributed by atoms with Gasteiger partial charge in [0.15, 0.2) is 0 Å². The topological polar surface area (TPSA) is 55.1 Å². The monoisotopic (exact) mass is 324 g/mol. The Morgan fingerprint density at radius 3 is 2.61 bits per heavy atom. The van der Waals surface area contributed by atoms with Gasteiger partial charge in [-0.25, -0.2) is 8.78 Å². The summed E-state index contributed by atoms with van der Waals surface area (Å²) in [6.45, 7) is 6.27. The molecule has 3 N–H and O–H groups in total. The van der Waals surface area contributed by atoms with Gasteiger partial charge in [-0.3, -0.25) is 4.79 Å². The second-order valence-corrected chi connectivity index (χ2v) is 7.51. The number of hydrogen-bond donors (Lipinski definition) is 2. The predicted octanol–water partition coefficient (Wildman–Crippen LogP) is 3.54. The van der Waals surface area contributed by atoms with E-state index in [2.05, 4.69) is 5.32 Å². The Morgan fingerprint density at radius 1 is 1.35 bits per heavy atom. The van der Waals surface area contributed by atoms with Gasteiger partial charge in [0.05, 0.1) is 6.04 Å². The van der Waals surface area contributed by atoms with Gasteiger partial charge in [-0.05, 0) is 36.8 Å². The van der Waals surface area contributed by atoms with Crippen molar-refractivity contribution in [2.75, 3.05) is 6.54 Å². The summed E-state index contributed by atoms with van der Waals surface area (Å²) >= 11 is 0. The van der Waals surface area contributed by atoms with E-state index in [0.717, 1.165) is 25.3 Å². The van der Waals surface area contributed by atoms with Gasteiger partial charge < -0.3 is 11.1 Å². The van der Waals surface area contributed by atoms with Gasteiger partial charge >= 0.3 is 0 Å². The third-order valence-electron chi connectivity index (χ3n) is 4.72. The average Bonchev–Trinajstić information content (AvgIpc) is 2.92. The first-order valence-electron chi connectivity index (χ1n) is 8.19. The number of amides is 1. The fourth-order valence-corrected chi connectivity index (χ4v) is 3.41. The Kier molecular flexibility index (Phi) is 5.40. The van der Waals surface area contributed by atoms with Gasteiger partial charge in [-0.2, -0.15) is 0 Å². The molecule has 0 bridgehead atoms. The van der Waals surface area contributed by atoms with Crippen LogP contribution in [0.2, 0.25) is 0 Å². The molecule has 1 aliphatic rings. The van der Waals surface area contributed by atoms with Gasteiger partial charge in [0.2, 0.25) is 5.91 Å². The number of nitrogens with one attached hydrogen (secondary N) is 1. The van der Waals surface area contributed by atoms with Gasteiger partial charge in [0.25, 0.3) is 0 Å². The van der Waals surface area contributed by atoms with Crippen molar-refractivity contribution in [2.45, 2.75) is 46.1 Å². The van der Waals surface area contributed by atoms with E-state index in [-0.39, 0.29) is 17.7 Å². The maximum Gasteiger partial charge on any atom is 0.223 e. The van der Waals surface area contributed by atoms with Crippen LogP contribution >= 0.6 is 0 Å². The van der Waals surface area contributed by atoms with Crippen LogP contribution in [0.3, 0.4) is 0 Å². The number of benzene rings is 1. The van der Waals surface area contributed by atoms with E-state index in [4.69, 9.17) is 5.73 Å². The molecule has 5 heteroatoms. The van der Waals surface area contributed by atoms with Crippen LogP contribution < -0.4 is 11.1 Å². The third-order valence-corrected chi connectivity index (χ3v) is 4.72. The molecule has 1 amide bonds. The molecule has 1 fully saturated rings. The second kappa shape index (κ2) is 6.95. The second-order valence-electron chi connectivity index (χ2n) is 7.51. The highest BCUT2D eigenvalue weighted by molar-refractivity contribution is 5.79. The number of carbonyl (C=O) groups is 1. The van der Waals surface area contributed by atoms with Crippen LogP contribution in [-0.2, 0) is 4.79 Å². The van der Waals surface area contributed by atoms with E-state index >= 15 is 0 Å². The lowest BCUT2D eigenvalue weighted by Gasteiger charge is -2.33. The molecule has 1 aromatic rings. The molecule has 1 unspecified atom stereocenters. The first kappa shape index (κ1) is 17.9. The summed E-state index contributed by atoms with van der Waals surface area (Å²) in [7, 11) is 0. The van der Waals surface area contributed by atoms with E-state index in [9.17, 15) is 13.6 Å². The van der Waals surface area contributed by atoms with Crippen molar-refractivity contribution in [1.29, 1.82) is 0 Å². The predicted molar refractivity (Wildman–Crippen MR) is 86.6 cm³/mol. The Balaban J connectivity index is 2.24. The summed E-state index contributed by atoms with van der Waals surface area (Å²) in [6.07, 6.45) is 2.77. The highest BCUT2D eigenvalue weighted by Gasteiger charge is 2.36. The van der Waals surface area contributed by atoms with Crippen molar-refractivity contribution in [3.63, 3.8) is 0 Å². The van der Waals surface area contributed by atoms with E-state index < -0.39 is 23.1 Å². The zero-order valence-corrected chi connectivity index (χ0v) is 14.0. The number of nitrogens with two attached hydrogens (primary N) is 1. The number of carbonyl (C=O) groups excluding carboxylic acids is 1. The normalized spacial score (nSPS) is 22.9. The van der Waals surface area contributed by atoms with Crippen LogP contribution in [0.1, 0.15) is 51.6 Å². The van der Waals surface area contributed by atoms with Crippen LogP contribution in [-0.4, -0.2) is 12.5 Å². The van der Waals surface area contributed by atoms with E-state index in [1.807, 2.05) is 20.8 Å². The fraction of sp³-hybridized carbons (Fsp3) is 0.611. The highest BCUT2D eigenvalue weighted by atomic mass is 19.1. The minimum atomic E-state index is -0.632. The molecule has 0 aliphatic heterocycles. The van der Waals surface area contributed by atoms with Crippen molar-refractivity contribution in [3.05, 3.63) is 35.4 Å². The molecule has 23 heavy (non-hydrogen) atoms. The van der Waals surface area contributed by atoms with Crippen LogP contribution in [0.5, 0.6) is 0 Å². The van der Waals surface area contributed by atoms with Crippen molar-refractivity contribution in [2.24, 2.45) is 23.0 Å². The zero-order chi connectivity index (χ0) is 17.2. The minimum absolute atomic E-state index is 0.0819. The van der Waals surface area contributed by atoms with Gasteiger partial charge in [0.1, 0.15) is 11.6 Å². The summed E-state index contributed by atoms with van der Waals surface area (Å²) in [5, 5.41) is 2.98. The third kappa shape index (κ3) is 4.08. The zero-order valence-electron chi connectivity index (χ0n) is 14.0. The summed E-state index contributed by atoms with van der Waals surface area (Å²) in [5.41, 5.74) is 5.67. The summed E-state index contributed by atoms with van der Waals surface area (Å²) in [5.74, 6) is -1.26. The van der Waals surface area contributed by atoms with Crippen LogP contribution in [0.15, 0.2) is 18.2 Å². The largest absolute Gasteiger partial charge is 0.348 e. The van der Waals surface area contributed by atoms with Gasteiger partial charge in [-0.1, -0.05) is 33.3 Å². The van der Waals surface area contributed by atoms with E-state index in [1.165, 1.54) is 12.1 Å². The first-order valence-corrected chi connectivity index (χ1v) is 8.19. The summed E-state index contributed by atoms with van der Waals surface area (Å²) in [6, 6.07) is 2.98. The molecular weight excluding hydrogens is 298 g/mol. The van der Waals surface area contributed by atoms with E-state index in [0.29, 0.717) is 12.1 Å². The van der Waals surface area contributed by atoms with Gasteiger partial charge in [-0.15, -0.1) is 0 Å². The number of rotatable bonds is 4. The Labute approximate surface area is 136 Å². The molecule has 1 aliphatic carbocycles. The standard InChI is InChI=1S/C18H26F2N2O/c1-18(2,3)16(14-8-7-12(19)9-15(14)20)22-17(23)13-6-4-5-11(13)10-21/h7-9,11,13,16H,4-6,10,21H2,1-3H3,(H,22,23)/t11-,13-,16?/m1/s1. The van der Waals surface area contributed by atoms with Crippen LogP contribution in [0, 0.1) is 28.9 Å². The minimum Gasteiger partial charge on any atom is -0.348 e. The lowest BCUT2D eigenvalue weighted by molar-refractivity contribution is -0.127. The van der Waals surface area contributed by atoms with Crippen molar-refractivity contribution < 1.29 is 13.6 Å². The molecule has 1 saturated carbocycles. The maximum absolute atomic E-state index is 14.2. The quantitative estimate of drug-likeness (QED) is 0.890.